The minimum absolute atomic E-state index is 0.138. The molecular formula is C25H28N2O6S2. The standard InChI is InChI=1S/C25H28N2O6S2/c1-5-33-23-18-19(16-17-22(23)26-24(28)25(2,3)4)27(34(29,30)20-12-8-6-9-13-20)35(31,32)21-14-10-7-11-15-21/h6-18H,5H2,1-4H3,(H,26,28). The summed E-state index contributed by atoms with van der Waals surface area (Å²) in [4.78, 5) is 12.1. The van der Waals surface area contributed by atoms with E-state index in [1.165, 1.54) is 66.7 Å². The van der Waals surface area contributed by atoms with Crippen LogP contribution >= 0.6 is 0 Å². The SMILES string of the molecule is CCOc1cc(N(S(=O)(=O)c2ccccc2)S(=O)(=O)c2ccccc2)ccc1NC(=O)C(C)(C)C. The molecule has 186 valence electrons. The highest BCUT2D eigenvalue weighted by molar-refractivity contribution is 8.10. The van der Waals surface area contributed by atoms with Gasteiger partial charge in [0.2, 0.25) is 5.91 Å². The first-order chi connectivity index (χ1) is 16.4. The van der Waals surface area contributed by atoms with E-state index in [1.54, 1.807) is 39.8 Å². The molecule has 0 aliphatic heterocycles. The highest BCUT2D eigenvalue weighted by Crippen LogP contribution is 2.36. The smallest absolute Gasteiger partial charge is 0.277 e. The van der Waals surface area contributed by atoms with E-state index in [-0.39, 0.29) is 33.7 Å². The molecule has 0 saturated heterocycles. The van der Waals surface area contributed by atoms with Gasteiger partial charge in [-0.2, -0.15) is 3.71 Å². The summed E-state index contributed by atoms with van der Waals surface area (Å²) in [6.07, 6.45) is 0. The fraction of sp³-hybridized carbons (Fsp3) is 0.240. The van der Waals surface area contributed by atoms with Gasteiger partial charge in [-0.3, -0.25) is 4.79 Å². The molecule has 0 unspecified atom stereocenters. The van der Waals surface area contributed by atoms with Gasteiger partial charge < -0.3 is 10.1 Å². The van der Waals surface area contributed by atoms with E-state index in [0.29, 0.717) is 9.40 Å². The van der Waals surface area contributed by atoms with Crippen molar-refractivity contribution in [2.75, 3.05) is 15.6 Å². The third-order valence-electron chi connectivity index (χ3n) is 4.92. The Morgan fingerprint density at radius 3 is 1.74 bits per heavy atom. The van der Waals surface area contributed by atoms with Gasteiger partial charge in [-0.25, -0.2) is 16.8 Å². The predicted octanol–water partition coefficient (Wildman–Crippen LogP) is 4.65. The predicted molar refractivity (Wildman–Crippen MR) is 135 cm³/mol. The van der Waals surface area contributed by atoms with Crippen LogP contribution in [0.1, 0.15) is 27.7 Å². The van der Waals surface area contributed by atoms with Crippen molar-refractivity contribution in [3.63, 3.8) is 0 Å². The zero-order valence-corrected chi connectivity index (χ0v) is 21.6. The number of rotatable bonds is 8. The molecule has 0 fully saturated rings. The van der Waals surface area contributed by atoms with Crippen LogP contribution in [0.25, 0.3) is 0 Å². The van der Waals surface area contributed by atoms with Crippen LogP contribution in [0.2, 0.25) is 0 Å². The number of hydrogen-bond donors (Lipinski definition) is 1. The van der Waals surface area contributed by atoms with Gasteiger partial charge in [0.1, 0.15) is 5.75 Å². The van der Waals surface area contributed by atoms with Crippen LogP contribution in [0, 0.1) is 5.41 Å². The number of benzene rings is 3. The zero-order chi connectivity index (χ0) is 25.9. The molecule has 1 amide bonds. The van der Waals surface area contributed by atoms with E-state index in [9.17, 15) is 21.6 Å². The normalized spacial score (nSPS) is 12.1. The van der Waals surface area contributed by atoms with Gasteiger partial charge in [0.05, 0.1) is 27.8 Å². The molecule has 0 heterocycles. The molecule has 10 heteroatoms. The number of nitrogens with zero attached hydrogens (tertiary/aromatic N) is 1. The van der Waals surface area contributed by atoms with Crippen LogP contribution in [-0.2, 0) is 24.8 Å². The van der Waals surface area contributed by atoms with Crippen LogP contribution in [-0.4, -0.2) is 29.3 Å². The number of nitrogens with one attached hydrogen (secondary N) is 1. The number of anilines is 2. The lowest BCUT2D eigenvalue weighted by Crippen LogP contribution is -2.37. The molecule has 35 heavy (non-hydrogen) atoms. The van der Waals surface area contributed by atoms with Crippen molar-refractivity contribution < 1.29 is 26.4 Å². The highest BCUT2D eigenvalue weighted by atomic mass is 32.3. The molecule has 3 rings (SSSR count). The van der Waals surface area contributed by atoms with Gasteiger partial charge in [0.25, 0.3) is 20.0 Å². The Kier molecular flexibility index (Phi) is 7.56. The molecule has 3 aromatic rings. The molecule has 0 aliphatic carbocycles. The summed E-state index contributed by atoms with van der Waals surface area (Å²) in [5.41, 5.74) is -0.554. The van der Waals surface area contributed by atoms with Gasteiger partial charge in [0, 0.05) is 11.5 Å². The number of hydrogen-bond acceptors (Lipinski definition) is 6. The third-order valence-corrected chi connectivity index (χ3v) is 9.13. The fourth-order valence-electron chi connectivity index (χ4n) is 3.10. The molecule has 0 bridgehead atoms. The quantitative estimate of drug-likeness (QED) is 0.467. The fourth-order valence-corrected chi connectivity index (χ4v) is 6.81. The largest absolute Gasteiger partial charge is 0.492 e. The molecule has 0 atom stereocenters. The van der Waals surface area contributed by atoms with Crippen molar-refractivity contribution in [2.45, 2.75) is 37.5 Å². The van der Waals surface area contributed by atoms with E-state index in [0.717, 1.165) is 0 Å². The molecule has 1 N–H and O–H groups in total. The van der Waals surface area contributed by atoms with E-state index >= 15 is 0 Å². The van der Waals surface area contributed by atoms with Gasteiger partial charge in [0.15, 0.2) is 0 Å². The molecule has 0 aromatic heterocycles. The second-order valence-electron chi connectivity index (χ2n) is 8.65. The van der Waals surface area contributed by atoms with E-state index in [1.807, 2.05) is 0 Å². The highest BCUT2D eigenvalue weighted by Gasteiger charge is 2.37. The van der Waals surface area contributed by atoms with E-state index in [2.05, 4.69) is 5.32 Å². The lowest BCUT2D eigenvalue weighted by Gasteiger charge is -2.25. The van der Waals surface area contributed by atoms with Gasteiger partial charge >= 0.3 is 0 Å². The van der Waals surface area contributed by atoms with E-state index in [4.69, 9.17) is 4.74 Å². The molecular weight excluding hydrogens is 488 g/mol. The Morgan fingerprint density at radius 2 is 1.31 bits per heavy atom. The molecule has 8 nitrogen and oxygen atoms in total. The Labute approximate surface area is 206 Å². The van der Waals surface area contributed by atoms with Crippen LogP contribution in [0.4, 0.5) is 11.4 Å². The molecule has 0 aliphatic rings. The average molecular weight is 517 g/mol. The first kappa shape index (κ1) is 26.2. The number of carbonyl (C=O) groups is 1. The maximum atomic E-state index is 13.7. The average Bonchev–Trinajstić information content (AvgIpc) is 2.81. The monoisotopic (exact) mass is 516 g/mol. The van der Waals surface area contributed by atoms with Crippen LogP contribution in [0.3, 0.4) is 0 Å². The van der Waals surface area contributed by atoms with Crippen LogP contribution in [0.5, 0.6) is 5.75 Å². The molecule has 0 radical (unpaired) electrons. The lowest BCUT2D eigenvalue weighted by atomic mass is 9.95. The Bertz CT molecular complexity index is 1330. The third kappa shape index (κ3) is 5.66. The molecule has 3 aromatic carbocycles. The van der Waals surface area contributed by atoms with Crippen molar-refractivity contribution in [3.8, 4) is 5.75 Å². The number of amides is 1. The van der Waals surface area contributed by atoms with Gasteiger partial charge in [-0.05, 0) is 43.3 Å². The summed E-state index contributed by atoms with van der Waals surface area (Å²) >= 11 is 0. The van der Waals surface area contributed by atoms with Crippen molar-refractivity contribution in [2.24, 2.45) is 5.41 Å². The number of carbonyl (C=O) groups excluding carboxylic acids is 1. The van der Waals surface area contributed by atoms with Crippen molar-refractivity contribution in [1.29, 1.82) is 0 Å². The Morgan fingerprint density at radius 1 is 0.829 bits per heavy atom. The minimum Gasteiger partial charge on any atom is -0.492 e. The summed E-state index contributed by atoms with van der Waals surface area (Å²) in [7, 11) is -9.10. The maximum absolute atomic E-state index is 13.7. The summed E-state index contributed by atoms with van der Waals surface area (Å²) < 4.78 is 60.6. The molecule has 0 saturated carbocycles. The van der Waals surface area contributed by atoms with Crippen molar-refractivity contribution >= 4 is 37.3 Å². The van der Waals surface area contributed by atoms with Crippen LogP contribution < -0.4 is 13.8 Å². The lowest BCUT2D eigenvalue weighted by molar-refractivity contribution is -0.123. The maximum Gasteiger partial charge on any atom is 0.277 e. The van der Waals surface area contributed by atoms with Crippen molar-refractivity contribution in [1.82, 2.24) is 0 Å². The topological polar surface area (TPSA) is 110 Å². The summed E-state index contributed by atoms with van der Waals surface area (Å²) in [6, 6.07) is 18.6. The van der Waals surface area contributed by atoms with Crippen LogP contribution in [0.15, 0.2) is 88.7 Å². The minimum atomic E-state index is -4.55. The van der Waals surface area contributed by atoms with Gasteiger partial charge in [-0.1, -0.05) is 57.2 Å². The van der Waals surface area contributed by atoms with E-state index < -0.39 is 25.5 Å². The Balaban J connectivity index is 2.22. The number of sulfonamides is 2. The number of ether oxygens (including phenoxy) is 1. The zero-order valence-electron chi connectivity index (χ0n) is 19.9. The Hall–Kier alpha value is -3.37. The molecule has 0 spiro atoms. The first-order valence-corrected chi connectivity index (χ1v) is 13.8. The second-order valence-corrected chi connectivity index (χ2v) is 12.5. The second kappa shape index (κ2) is 10.1. The summed E-state index contributed by atoms with van der Waals surface area (Å²) in [6.45, 7) is 7.17. The van der Waals surface area contributed by atoms with Crippen molar-refractivity contribution in [3.05, 3.63) is 78.9 Å². The summed E-state index contributed by atoms with van der Waals surface area (Å²) in [5.74, 6) is -0.143. The summed E-state index contributed by atoms with van der Waals surface area (Å²) in [5, 5.41) is 2.76. The van der Waals surface area contributed by atoms with Gasteiger partial charge in [-0.15, -0.1) is 0 Å². The first-order valence-electron chi connectivity index (χ1n) is 10.9.